The summed E-state index contributed by atoms with van der Waals surface area (Å²) in [5.41, 5.74) is -0.368. The summed E-state index contributed by atoms with van der Waals surface area (Å²) in [6, 6.07) is 3.13. The number of nitrogens with one attached hydrogen (secondary N) is 1. The third kappa shape index (κ3) is 4.56. The molecular weight excluding hydrogens is 224 g/mol. The lowest BCUT2D eigenvalue weighted by Gasteiger charge is -2.36. The van der Waals surface area contributed by atoms with Gasteiger partial charge < -0.3 is 9.80 Å². The molecule has 0 radical (unpaired) electrons. The first-order chi connectivity index (χ1) is 8.50. The van der Waals surface area contributed by atoms with Crippen LogP contribution in [0.5, 0.6) is 0 Å². The van der Waals surface area contributed by atoms with Gasteiger partial charge in [-0.25, -0.2) is 0 Å². The minimum absolute atomic E-state index is 0.368. The van der Waals surface area contributed by atoms with E-state index in [2.05, 4.69) is 42.2 Å². The van der Waals surface area contributed by atoms with Crippen molar-refractivity contribution in [1.82, 2.24) is 15.1 Å². The summed E-state index contributed by atoms with van der Waals surface area (Å²) in [4.78, 5) is 4.82. The van der Waals surface area contributed by atoms with E-state index in [1.165, 1.54) is 12.8 Å². The van der Waals surface area contributed by atoms with Gasteiger partial charge in [-0.2, -0.15) is 5.26 Å². The van der Waals surface area contributed by atoms with Crippen LogP contribution in [0, 0.1) is 11.3 Å². The maximum atomic E-state index is 9.22. The minimum atomic E-state index is -0.368. The molecule has 0 aromatic carbocycles. The Morgan fingerprint density at radius 3 is 2.44 bits per heavy atom. The predicted octanol–water partition coefficient (Wildman–Crippen LogP) is 1.29. The van der Waals surface area contributed by atoms with E-state index in [-0.39, 0.29) is 5.54 Å². The van der Waals surface area contributed by atoms with Crippen LogP contribution in [-0.2, 0) is 0 Å². The van der Waals surface area contributed by atoms with Crippen LogP contribution in [-0.4, -0.2) is 61.7 Å². The van der Waals surface area contributed by atoms with Gasteiger partial charge in [-0.05, 0) is 59.9 Å². The first kappa shape index (κ1) is 15.4. The Labute approximate surface area is 112 Å². The fourth-order valence-electron chi connectivity index (χ4n) is 2.62. The fraction of sp³-hybridized carbons (Fsp3) is 0.929. The molecule has 1 fully saturated rings. The normalized spacial score (nSPS) is 21.8. The van der Waals surface area contributed by atoms with Crippen molar-refractivity contribution in [1.29, 1.82) is 5.26 Å². The fourth-order valence-corrected chi connectivity index (χ4v) is 2.62. The number of hydrogen-bond acceptors (Lipinski definition) is 4. The topological polar surface area (TPSA) is 42.3 Å². The molecule has 0 amide bonds. The van der Waals surface area contributed by atoms with E-state index in [9.17, 15) is 5.26 Å². The molecule has 0 saturated carbocycles. The number of hydrogen-bond donors (Lipinski definition) is 1. The van der Waals surface area contributed by atoms with Gasteiger partial charge in [-0.3, -0.25) is 5.32 Å². The monoisotopic (exact) mass is 252 g/mol. The summed E-state index contributed by atoms with van der Waals surface area (Å²) in [6.07, 6.45) is 3.40. The number of likely N-dealkylation sites (tertiary alicyclic amines) is 1. The molecule has 104 valence electrons. The lowest BCUT2D eigenvalue weighted by molar-refractivity contribution is 0.138. The van der Waals surface area contributed by atoms with E-state index in [1.807, 2.05) is 6.92 Å². The Kier molecular flexibility index (Phi) is 6.07. The Morgan fingerprint density at radius 2 is 2.00 bits per heavy atom. The minimum Gasteiger partial charge on any atom is -0.306 e. The number of piperidine rings is 1. The van der Waals surface area contributed by atoms with Crippen LogP contribution in [0.1, 0.15) is 33.1 Å². The van der Waals surface area contributed by atoms with Crippen molar-refractivity contribution in [3.8, 4) is 6.07 Å². The summed E-state index contributed by atoms with van der Waals surface area (Å²) >= 11 is 0. The first-order valence-electron chi connectivity index (χ1n) is 7.06. The zero-order chi connectivity index (χ0) is 13.6. The third-order valence-corrected chi connectivity index (χ3v) is 4.03. The molecule has 0 bridgehead atoms. The average molecular weight is 252 g/mol. The molecule has 4 nitrogen and oxygen atoms in total. The van der Waals surface area contributed by atoms with Crippen LogP contribution >= 0.6 is 0 Å². The number of nitrogens with zero attached hydrogens (tertiary/aromatic N) is 3. The molecular formula is C14H28N4. The van der Waals surface area contributed by atoms with Crippen molar-refractivity contribution in [2.75, 3.05) is 40.3 Å². The van der Waals surface area contributed by atoms with E-state index >= 15 is 0 Å². The van der Waals surface area contributed by atoms with Crippen molar-refractivity contribution < 1.29 is 0 Å². The SMILES string of the molecule is CCNC(C)(C#N)CCN1CCC(N(C)C)CC1. The molecule has 18 heavy (non-hydrogen) atoms. The zero-order valence-corrected chi connectivity index (χ0v) is 12.4. The zero-order valence-electron chi connectivity index (χ0n) is 12.4. The molecule has 0 aromatic heterocycles. The van der Waals surface area contributed by atoms with E-state index in [0.29, 0.717) is 0 Å². The van der Waals surface area contributed by atoms with Gasteiger partial charge in [0.15, 0.2) is 0 Å². The van der Waals surface area contributed by atoms with Crippen LogP contribution in [0.15, 0.2) is 0 Å². The smallest absolute Gasteiger partial charge is 0.105 e. The highest BCUT2D eigenvalue weighted by atomic mass is 15.2. The predicted molar refractivity (Wildman–Crippen MR) is 75.5 cm³/mol. The molecule has 0 spiro atoms. The molecule has 1 saturated heterocycles. The van der Waals surface area contributed by atoms with Crippen LogP contribution in [0.4, 0.5) is 0 Å². The standard InChI is InChI=1S/C14H28N4/c1-5-16-14(2,12-15)8-11-18-9-6-13(7-10-18)17(3)4/h13,16H,5-11H2,1-4H3. The van der Waals surface area contributed by atoms with Crippen molar-refractivity contribution in [3.05, 3.63) is 0 Å². The van der Waals surface area contributed by atoms with Gasteiger partial charge in [-0.1, -0.05) is 6.92 Å². The van der Waals surface area contributed by atoms with Crippen molar-refractivity contribution in [2.24, 2.45) is 0 Å². The van der Waals surface area contributed by atoms with Crippen LogP contribution < -0.4 is 5.32 Å². The summed E-state index contributed by atoms with van der Waals surface area (Å²) in [5.74, 6) is 0. The highest BCUT2D eigenvalue weighted by Gasteiger charge is 2.25. The molecule has 0 aromatic rings. The molecule has 1 N–H and O–H groups in total. The first-order valence-corrected chi connectivity index (χ1v) is 7.06. The van der Waals surface area contributed by atoms with E-state index < -0.39 is 0 Å². The van der Waals surface area contributed by atoms with Gasteiger partial charge >= 0.3 is 0 Å². The van der Waals surface area contributed by atoms with Gasteiger partial charge in [0.2, 0.25) is 0 Å². The molecule has 1 rings (SSSR count). The van der Waals surface area contributed by atoms with Crippen LogP contribution in [0.2, 0.25) is 0 Å². The van der Waals surface area contributed by atoms with Gasteiger partial charge in [-0.15, -0.1) is 0 Å². The lowest BCUT2D eigenvalue weighted by atomic mass is 9.98. The summed E-state index contributed by atoms with van der Waals surface area (Å²) in [5, 5.41) is 12.5. The average Bonchev–Trinajstić information content (AvgIpc) is 2.37. The summed E-state index contributed by atoms with van der Waals surface area (Å²) in [7, 11) is 4.33. The van der Waals surface area contributed by atoms with Crippen LogP contribution in [0.25, 0.3) is 0 Å². The van der Waals surface area contributed by atoms with E-state index in [0.717, 1.165) is 38.6 Å². The second kappa shape index (κ2) is 7.08. The Morgan fingerprint density at radius 1 is 1.39 bits per heavy atom. The molecule has 4 heteroatoms. The Bertz CT molecular complexity index is 276. The molecule has 1 atom stereocenters. The highest BCUT2D eigenvalue weighted by Crippen LogP contribution is 2.16. The van der Waals surface area contributed by atoms with Gasteiger partial charge in [0.25, 0.3) is 0 Å². The van der Waals surface area contributed by atoms with Crippen molar-refractivity contribution in [2.45, 2.75) is 44.7 Å². The Balaban J connectivity index is 2.31. The summed E-state index contributed by atoms with van der Waals surface area (Å²) in [6.45, 7) is 8.26. The van der Waals surface area contributed by atoms with Gasteiger partial charge in [0.1, 0.15) is 5.54 Å². The molecule has 1 aliphatic heterocycles. The third-order valence-electron chi connectivity index (χ3n) is 4.03. The highest BCUT2D eigenvalue weighted by molar-refractivity contribution is 5.03. The van der Waals surface area contributed by atoms with Crippen molar-refractivity contribution >= 4 is 0 Å². The quantitative estimate of drug-likeness (QED) is 0.773. The van der Waals surface area contributed by atoms with E-state index in [4.69, 9.17) is 0 Å². The maximum absolute atomic E-state index is 9.22. The second-order valence-electron chi connectivity index (χ2n) is 5.76. The number of nitriles is 1. The van der Waals surface area contributed by atoms with E-state index in [1.54, 1.807) is 0 Å². The van der Waals surface area contributed by atoms with Crippen LogP contribution in [0.3, 0.4) is 0 Å². The maximum Gasteiger partial charge on any atom is 0.105 e. The molecule has 1 aliphatic rings. The Hall–Kier alpha value is -0.630. The second-order valence-corrected chi connectivity index (χ2v) is 5.76. The largest absolute Gasteiger partial charge is 0.306 e. The van der Waals surface area contributed by atoms with Crippen molar-refractivity contribution in [3.63, 3.8) is 0 Å². The molecule has 0 aliphatic carbocycles. The molecule has 1 unspecified atom stereocenters. The van der Waals surface area contributed by atoms with Gasteiger partial charge in [0.05, 0.1) is 6.07 Å². The lowest BCUT2D eigenvalue weighted by Crippen LogP contribution is -2.46. The number of rotatable bonds is 6. The molecule has 1 heterocycles. The summed E-state index contributed by atoms with van der Waals surface area (Å²) < 4.78 is 0. The van der Waals surface area contributed by atoms with Gasteiger partial charge in [0, 0.05) is 12.6 Å².